The molecule has 1 unspecified atom stereocenters. The summed E-state index contributed by atoms with van der Waals surface area (Å²) in [5, 5.41) is 1.22. The minimum atomic E-state index is -0.128. The number of halogens is 1. The molecule has 0 saturated carbocycles. The molecule has 4 bridgehead atoms. The Hall–Kier alpha value is 1.21. The number of fused-ring (bicyclic) bond motifs is 4. The zero-order chi connectivity index (χ0) is 17.3. The van der Waals surface area contributed by atoms with E-state index in [1.165, 1.54) is 18.2 Å². The molecule has 1 atom stereocenters. The zero-order valence-corrected chi connectivity index (χ0v) is 19.3. The smallest absolute Gasteiger partial charge is 0.190 e. The van der Waals surface area contributed by atoms with Gasteiger partial charge in [0, 0.05) is 11.5 Å². The van der Waals surface area contributed by atoms with Gasteiger partial charge in [0.05, 0.1) is 0 Å². The van der Waals surface area contributed by atoms with Gasteiger partial charge in [-0.1, -0.05) is 117 Å². The molecular weight excluding hydrogens is 373 g/mol. The maximum absolute atomic E-state index is 3.71. The maximum Gasteiger partial charge on any atom is 1.00 e. The minimum absolute atomic E-state index is 0. The van der Waals surface area contributed by atoms with Crippen LogP contribution in [0.5, 0.6) is 0 Å². The SMILES string of the molecule is C[B-]1(C(CCCCBr)B2C3CCCC2CCC3)C2CCCC1CCC2.[Li+]. The Bertz CT molecular complexity index is 402. The first kappa shape index (κ1) is 21.9. The second-order valence-electron chi connectivity index (χ2n) is 10.8. The van der Waals surface area contributed by atoms with Crippen LogP contribution in [0.1, 0.15) is 96.3 Å². The average Bonchev–Trinajstić information content (AvgIpc) is 2.57. The number of hydrogen-bond acceptors (Lipinski definition) is 0. The van der Waals surface area contributed by atoms with Gasteiger partial charge in [0.1, 0.15) is 6.71 Å². The molecule has 0 radical (unpaired) electrons. The van der Waals surface area contributed by atoms with E-state index in [0.717, 1.165) is 35.7 Å². The van der Waals surface area contributed by atoms with Crippen molar-refractivity contribution in [3.05, 3.63) is 0 Å². The summed E-state index contributed by atoms with van der Waals surface area (Å²) in [4.78, 5) is 0. The molecule has 4 saturated heterocycles. The summed E-state index contributed by atoms with van der Waals surface area (Å²) in [6, 6.07) is 0. The molecule has 0 N–H and O–H groups in total. The monoisotopic (exact) mass is 412 g/mol. The fourth-order valence-electron chi connectivity index (χ4n) is 9.03. The van der Waals surface area contributed by atoms with Crippen molar-refractivity contribution in [1.29, 1.82) is 0 Å². The molecule has 26 heavy (non-hydrogen) atoms. The predicted molar refractivity (Wildman–Crippen MR) is 119 cm³/mol. The fourth-order valence-corrected chi connectivity index (χ4v) is 9.42. The Kier molecular flexibility index (Phi) is 8.26. The van der Waals surface area contributed by atoms with Crippen molar-refractivity contribution in [2.45, 2.75) is 132 Å². The Morgan fingerprint density at radius 1 is 0.808 bits per heavy atom. The van der Waals surface area contributed by atoms with E-state index in [0.29, 0.717) is 0 Å². The Balaban J connectivity index is 0.00000196. The van der Waals surface area contributed by atoms with Crippen molar-refractivity contribution in [2.24, 2.45) is 0 Å². The van der Waals surface area contributed by atoms with Crippen LogP contribution in [0.4, 0.5) is 0 Å². The van der Waals surface area contributed by atoms with E-state index in [4.69, 9.17) is 0 Å². The molecule has 0 aromatic heterocycles. The number of alkyl halides is 1. The molecular formula is C22H40B2BrLi. The van der Waals surface area contributed by atoms with Gasteiger partial charge in [0.25, 0.3) is 0 Å². The van der Waals surface area contributed by atoms with Crippen molar-refractivity contribution >= 4 is 28.8 Å². The first-order chi connectivity index (χ1) is 12.2. The predicted octanol–water partition coefficient (Wildman–Crippen LogP) is 5.25. The third kappa shape index (κ3) is 4.07. The standard InChI is InChI=1S/C22H40B2Br.Li/c1-24(20-12-6-13-21(24)15-7-14-20)22(16-2-3-17-25)23-18-8-4-9-19(23)11-5-10-18;/h18-22H,2-17H2,1H3;/q-1;+1. The Morgan fingerprint density at radius 3 is 1.73 bits per heavy atom. The molecule has 4 aliphatic rings. The summed E-state index contributed by atoms with van der Waals surface area (Å²) in [6.07, 6.45) is 23.2. The van der Waals surface area contributed by atoms with Gasteiger partial charge >= 0.3 is 18.9 Å². The second-order valence-corrected chi connectivity index (χ2v) is 11.6. The molecule has 0 aromatic carbocycles. The van der Waals surface area contributed by atoms with Crippen molar-refractivity contribution in [2.75, 3.05) is 5.33 Å². The quantitative estimate of drug-likeness (QED) is 0.317. The van der Waals surface area contributed by atoms with Crippen LogP contribution in [0, 0.1) is 0 Å². The summed E-state index contributed by atoms with van der Waals surface area (Å²) >= 11 is 3.71. The third-order valence-electron chi connectivity index (χ3n) is 10.1. The normalized spacial score (nSPS) is 40.6. The van der Waals surface area contributed by atoms with Gasteiger partial charge < -0.3 is 0 Å². The van der Waals surface area contributed by atoms with E-state index in [2.05, 4.69) is 22.8 Å². The summed E-state index contributed by atoms with van der Waals surface area (Å²) in [5.74, 6) is 4.49. The molecule has 0 spiro atoms. The van der Waals surface area contributed by atoms with Crippen LogP contribution in [-0.2, 0) is 0 Å². The Labute approximate surface area is 184 Å². The summed E-state index contributed by atoms with van der Waals surface area (Å²) < 4.78 is 0. The first-order valence-corrected chi connectivity index (χ1v) is 13.1. The molecule has 0 aliphatic carbocycles. The average molecular weight is 413 g/mol. The second kappa shape index (κ2) is 9.81. The van der Waals surface area contributed by atoms with Gasteiger partial charge in [0.15, 0.2) is 0 Å². The van der Waals surface area contributed by atoms with E-state index in [-0.39, 0.29) is 25.0 Å². The largest absolute Gasteiger partial charge is 1.00 e. The molecule has 4 fully saturated rings. The number of rotatable bonds is 6. The molecule has 0 amide bonds. The number of hydrogen-bond donors (Lipinski definition) is 0. The van der Waals surface area contributed by atoms with Gasteiger partial charge in [-0.3, -0.25) is 0 Å². The summed E-state index contributed by atoms with van der Waals surface area (Å²) in [5.41, 5.74) is 1.12. The molecule has 0 aromatic rings. The van der Waals surface area contributed by atoms with Crippen LogP contribution in [-0.4, -0.2) is 18.2 Å². The molecule has 4 aliphatic heterocycles. The minimum Gasteiger partial charge on any atom is -0.190 e. The van der Waals surface area contributed by atoms with Crippen molar-refractivity contribution in [3.63, 3.8) is 0 Å². The van der Waals surface area contributed by atoms with Gasteiger partial charge in [0.2, 0.25) is 0 Å². The first-order valence-electron chi connectivity index (χ1n) is 12.0. The van der Waals surface area contributed by atoms with Gasteiger partial charge in [-0.25, -0.2) is 0 Å². The van der Waals surface area contributed by atoms with Crippen LogP contribution >= 0.6 is 15.9 Å². The van der Waals surface area contributed by atoms with Crippen molar-refractivity contribution in [1.82, 2.24) is 0 Å². The maximum atomic E-state index is 3.71. The molecule has 4 rings (SSSR count). The third-order valence-corrected chi connectivity index (χ3v) is 10.6. The van der Waals surface area contributed by atoms with E-state index in [1.54, 1.807) is 83.5 Å². The van der Waals surface area contributed by atoms with E-state index >= 15 is 0 Å². The van der Waals surface area contributed by atoms with Gasteiger partial charge in [-0.05, 0) is 6.42 Å². The van der Waals surface area contributed by atoms with Gasteiger partial charge in [-0.15, -0.1) is 0 Å². The van der Waals surface area contributed by atoms with Crippen LogP contribution in [0.3, 0.4) is 0 Å². The summed E-state index contributed by atoms with van der Waals surface area (Å²) in [7, 11) is 0. The van der Waals surface area contributed by atoms with E-state index < -0.39 is 0 Å². The molecule has 4 heteroatoms. The van der Waals surface area contributed by atoms with Crippen molar-refractivity contribution < 1.29 is 18.9 Å². The van der Waals surface area contributed by atoms with Crippen LogP contribution in [0.2, 0.25) is 35.8 Å². The van der Waals surface area contributed by atoms with E-state index in [9.17, 15) is 0 Å². The van der Waals surface area contributed by atoms with Crippen LogP contribution < -0.4 is 18.9 Å². The fraction of sp³-hybridized carbons (Fsp3) is 1.00. The molecule has 0 nitrogen and oxygen atoms in total. The van der Waals surface area contributed by atoms with Crippen LogP contribution in [0.25, 0.3) is 0 Å². The topological polar surface area (TPSA) is 0 Å². The van der Waals surface area contributed by atoms with E-state index in [1.807, 2.05) is 0 Å². The van der Waals surface area contributed by atoms with Crippen molar-refractivity contribution in [3.8, 4) is 0 Å². The molecule has 4 heterocycles. The molecule has 142 valence electrons. The Morgan fingerprint density at radius 2 is 1.27 bits per heavy atom. The van der Waals surface area contributed by atoms with Gasteiger partial charge in [-0.2, -0.15) is 24.2 Å². The number of unbranched alkanes of at least 4 members (excludes halogenated alkanes) is 1. The zero-order valence-electron chi connectivity index (χ0n) is 17.7. The summed E-state index contributed by atoms with van der Waals surface area (Å²) in [6.45, 7) is 4.00. The van der Waals surface area contributed by atoms with Crippen LogP contribution in [0.15, 0.2) is 0 Å².